The van der Waals surface area contributed by atoms with E-state index in [9.17, 15) is 4.79 Å². The van der Waals surface area contributed by atoms with Crippen LogP contribution in [0.3, 0.4) is 0 Å². The number of likely N-dealkylation sites (tertiary alicyclic amines) is 1. The first-order chi connectivity index (χ1) is 8.58. The molecule has 1 aliphatic heterocycles. The average molecular weight is 249 g/mol. The van der Waals surface area contributed by atoms with Crippen molar-refractivity contribution in [2.75, 3.05) is 13.1 Å². The van der Waals surface area contributed by atoms with Gasteiger partial charge in [0.15, 0.2) is 0 Å². The topological polar surface area (TPSA) is 66.3 Å². The van der Waals surface area contributed by atoms with Gasteiger partial charge in [-0.2, -0.15) is 0 Å². The van der Waals surface area contributed by atoms with Crippen molar-refractivity contribution in [2.24, 2.45) is 11.8 Å². The van der Waals surface area contributed by atoms with Gasteiger partial charge in [0.2, 0.25) is 0 Å². The van der Waals surface area contributed by atoms with Crippen LogP contribution in [-0.4, -0.2) is 39.0 Å². The highest BCUT2D eigenvalue weighted by Crippen LogP contribution is 2.23. The van der Waals surface area contributed by atoms with Crippen molar-refractivity contribution < 1.29 is 9.90 Å². The molecule has 98 valence electrons. The summed E-state index contributed by atoms with van der Waals surface area (Å²) in [6, 6.07) is 0. The molecule has 0 bridgehead atoms. The van der Waals surface area contributed by atoms with Gasteiger partial charge >= 0.3 is 5.97 Å². The molecule has 18 heavy (non-hydrogen) atoms. The van der Waals surface area contributed by atoms with Crippen LogP contribution >= 0.6 is 0 Å². The van der Waals surface area contributed by atoms with Crippen LogP contribution < -0.4 is 0 Å². The Kier molecular flexibility index (Phi) is 3.91. The van der Waals surface area contributed by atoms with Crippen LogP contribution in [0.2, 0.25) is 0 Å². The highest BCUT2D eigenvalue weighted by atomic mass is 16.4. The number of carboxylic acid groups (broad SMARTS) is 1. The molecule has 1 aromatic rings. The Labute approximate surface area is 107 Å². The summed E-state index contributed by atoms with van der Waals surface area (Å²) >= 11 is 0. The van der Waals surface area contributed by atoms with E-state index in [0.29, 0.717) is 18.2 Å². The number of carboxylic acids is 1. The number of nitrogens with zero attached hydrogens (tertiary/aromatic N) is 3. The van der Waals surface area contributed by atoms with Crippen LogP contribution in [0.25, 0.3) is 0 Å². The Morgan fingerprint density at radius 3 is 2.94 bits per heavy atom. The van der Waals surface area contributed by atoms with Gasteiger partial charge in [-0.25, -0.2) is 14.8 Å². The third-order valence-corrected chi connectivity index (χ3v) is 3.82. The number of hydrogen-bond acceptors (Lipinski definition) is 4. The summed E-state index contributed by atoms with van der Waals surface area (Å²) in [5.74, 6) is 0.434. The van der Waals surface area contributed by atoms with E-state index in [4.69, 9.17) is 5.11 Å². The Balaban J connectivity index is 2.08. The van der Waals surface area contributed by atoms with Gasteiger partial charge in [-0.1, -0.05) is 13.8 Å². The lowest BCUT2D eigenvalue weighted by Crippen LogP contribution is -2.38. The molecule has 5 heteroatoms. The zero-order valence-corrected chi connectivity index (χ0v) is 10.8. The monoisotopic (exact) mass is 249 g/mol. The maximum absolute atomic E-state index is 11.1. The number of hydrogen-bond donors (Lipinski definition) is 1. The molecule has 5 nitrogen and oxygen atoms in total. The first-order valence-corrected chi connectivity index (χ1v) is 6.32. The predicted octanol–water partition coefficient (Wildman–Crippen LogP) is 1.65. The third kappa shape index (κ3) is 2.85. The highest BCUT2D eigenvalue weighted by molar-refractivity contribution is 5.88. The van der Waals surface area contributed by atoms with E-state index < -0.39 is 5.97 Å². The molecule has 0 aromatic carbocycles. The van der Waals surface area contributed by atoms with E-state index in [1.807, 2.05) is 0 Å². The molecule has 0 radical (unpaired) electrons. The minimum atomic E-state index is -0.955. The smallest absolute Gasteiger partial charge is 0.339 e. The van der Waals surface area contributed by atoms with Gasteiger partial charge in [-0.15, -0.1) is 0 Å². The minimum Gasteiger partial charge on any atom is -0.478 e. The molecule has 1 aromatic heterocycles. The average Bonchev–Trinajstić information content (AvgIpc) is 2.34. The van der Waals surface area contributed by atoms with Gasteiger partial charge in [0.25, 0.3) is 0 Å². The number of aromatic nitrogens is 2. The quantitative estimate of drug-likeness (QED) is 0.882. The number of rotatable bonds is 3. The van der Waals surface area contributed by atoms with Crippen LogP contribution in [0.5, 0.6) is 0 Å². The van der Waals surface area contributed by atoms with Crippen molar-refractivity contribution in [3.63, 3.8) is 0 Å². The molecule has 0 amide bonds. The molecule has 0 spiro atoms. The second kappa shape index (κ2) is 5.44. The lowest BCUT2D eigenvalue weighted by atomic mass is 9.88. The Bertz CT molecular complexity index is 436. The Morgan fingerprint density at radius 1 is 1.50 bits per heavy atom. The van der Waals surface area contributed by atoms with E-state index in [1.54, 1.807) is 0 Å². The van der Waals surface area contributed by atoms with Gasteiger partial charge in [0.05, 0.1) is 5.69 Å². The summed E-state index contributed by atoms with van der Waals surface area (Å²) in [4.78, 5) is 21.2. The fourth-order valence-electron chi connectivity index (χ4n) is 2.36. The number of piperidine rings is 1. The lowest BCUT2D eigenvalue weighted by molar-refractivity contribution is 0.0691. The first kappa shape index (κ1) is 13.0. The first-order valence-electron chi connectivity index (χ1n) is 6.32. The van der Waals surface area contributed by atoms with Crippen LogP contribution in [-0.2, 0) is 6.54 Å². The predicted molar refractivity (Wildman–Crippen MR) is 67.2 cm³/mol. The third-order valence-electron chi connectivity index (χ3n) is 3.82. The Morgan fingerprint density at radius 2 is 2.28 bits per heavy atom. The van der Waals surface area contributed by atoms with Crippen molar-refractivity contribution in [2.45, 2.75) is 26.8 Å². The summed E-state index contributed by atoms with van der Waals surface area (Å²) in [5.41, 5.74) is 0.822. The van der Waals surface area contributed by atoms with Crippen molar-refractivity contribution in [1.29, 1.82) is 0 Å². The minimum absolute atomic E-state index is 0.212. The molecule has 2 heterocycles. The fourth-order valence-corrected chi connectivity index (χ4v) is 2.36. The van der Waals surface area contributed by atoms with Gasteiger partial charge < -0.3 is 5.11 Å². The highest BCUT2D eigenvalue weighted by Gasteiger charge is 2.24. The zero-order chi connectivity index (χ0) is 13.1. The normalized spacial score (nSPS) is 25.0. The summed E-state index contributed by atoms with van der Waals surface area (Å²) in [5, 5.41) is 9.09. The number of aromatic carboxylic acids is 1. The second-order valence-corrected chi connectivity index (χ2v) is 5.17. The van der Waals surface area contributed by atoms with Crippen LogP contribution in [0.15, 0.2) is 12.5 Å². The molecule has 2 atom stereocenters. The maximum Gasteiger partial charge on any atom is 0.339 e. The summed E-state index contributed by atoms with van der Waals surface area (Å²) in [7, 11) is 0. The van der Waals surface area contributed by atoms with Gasteiger partial charge in [-0.3, -0.25) is 4.90 Å². The van der Waals surface area contributed by atoms with Crippen molar-refractivity contribution in [3.8, 4) is 0 Å². The molecule has 0 aliphatic carbocycles. The van der Waals surface area contributed by atoms with E-state index in [0.717, 1.165) is 25.4 Å². The zero-order valence-electron chi connectivity index (χ0n) is 10.8. The second-order valence-electron chi connectivity index (χ2n) is 5.17. The summed E-state index contributed by atoms with van der Waals surface area (Å²) < 4.78 is 0. The largest absolute Gasteiger partial charge is 0.478 e. The molecule has 1 aliphatic rings. The molecule has 0 saturated carbocycles. The van der Waals surface area contributed by atoms with Gasteiger partial charge in [0, 0.05) is 19.3 Å². The Hall–Kier alpha value is -1.49. The van der Waals surface area contributed by atoms with E-state index in [-0.39, 0.29) is 5.56 Å². The molecular formula is C13H19N3O2. The summed E-state index contributed by atoms with van der Waals surface area (Å²) in [6.45, 7) is 7.13. The fraction of sp³-hybridized carbons (Fsp3) is 0.615. The van der Waals surface area contributed by atoms with Crippen LogP contribution in [0.1, 0.15) is 36.3 Å². The molecule has 1 fully saturated rings. The van der Waals surface area contributed by atoms with Crippen molar-refractivity contribution in [3.05, 3.63) is 23.8 Å². The summed E-state index contributed by atoms with van der Waals surface area (Å²) in [6.07, 6.45) is 3.95. The lowest BCUT2D eigenvalue weighted by Gasteiger charge is -2.35. The van der Waals surface area contributed by atoms with E-state index in [2.05, 4.69) is 28.7 Å². The van der Waals surface area contributed by atoms with Gasteiger partial charge in [-0.05, 0) is 24.8 Å². The molecule has 1 saturated heterocycles. The maximum atomic E-state index is 11.1. The SMILES string of the molecule is CC1CCN(Cc2ncncc2C(=O)O)CC1C. The van der Waals surface area contributed by atoms with Crippen molar-refractivity contribution in [1.82, 2.24) is 14.9 Å². The van der Waals surface area contributed by atoms with Gasteiger partial charge in [0.1, 0.15) is 11.9 Å². The molecule has 2 rings (SSSR count). The standard InChI is InChI=1S/C13H19N3O2/c1-9-3-4-16(6-10(9)2)7-12-11(13(17)18)5-14-8-15-12/h5,8-10H,3-4,6-7H2,1-2H3,(H,17,18). The molecule has 2 unspecified atom stereocenters. The molecular weight excluding hydrogens is 230 g/mol. The van der Waals surface area contributed by atoms with Crippen LogP contribution in [0.4, 0.5) is 0 Å². The van der Waals surface area contributed by atoms with E-state index >= 15 is 0 Å². The number of carbonyl (C=O) groups is 1. The van der Waals surface area contributed by atoms with Crippen LogP contribution in [0, 0.1) is 11.8 Å². The molecule has 1 N–H and O–H groups in total. The van der Waals surface area contributed by atoms with E-state index in [1.165, 1.54) is 12.5 Å². The van der Waals surface area contributed by atoms with Crippen molar-refractivity contribution >= 4 is 5.97 Å².